The molecule has 10 heteroatoms. The van der Waals surface area contributed by atoms with Crippen molar-refractivity contribution < 1.29 is 37.6 Å². The summed E-state index contributed by atoms with van der Waals surface area (Å²) < 4.78 is 32.6. The molecule has 0 amide bonds. The van der Waals surface area contributed by atoms with Crippen LogP contribution in [-0.4, -0.2) is 49.3 Å². The summed E-state index contributed by atoms with van der Waals surface area (Å²) in [7, 11) is -4.40. The Hall–Kier alpha value is -3.07. The van der Waals surface area contributed by atoms with Crippen molar-refractivity contribution >= 4 is 19.8 Å². The van der Waals surface area contributed by atoms with Crippen LogP contribution < -0.4 is 5.73 Å². The zero-order valence-corrected chi connectivity index (χ0v) is 35.0. The second kappa shape index (κ2) is 40.6. The summed E-state index contributed by atoms with van der Waals surface area (Å²) in [5, 5.41) is 0. The van der Waals surface area contributed by atoms with Crippen LogP contribution >= 0.6 is 7.82 Å². The zero-order valence-electron chi connectivity index (χ0n) is 34.1. The molecule has 0 saturated carbocycles. The van der Waals surface area contributed by atoms with Crippen LogP contribution in [0.1, 0.15) is 142 Å². The molecule has 0 saturated heterocycles. The Bertz CT molecular complexity index is 1220. The number of phosphoric ester groups is 1. The molecule has 0 radical (unpaired) electrons. The van der Waals surface area contributed by atoms with Gasteiger partial charge in [0.05, 0.1) is 13.2 Å². The molecule has 0 aliphatic rings. The number of rotatable bonds is 37. The highest BCUT2D eigenvalue weighted by Gasteiger charge is 2.25. The fraction of sp³-hybridized carbons (Fsp3) is 0.600. The molecule has 0 aromatic heterocycles. The lowest BCUT2D eigenvalue weighted by Gasteiger charge is -2.19. The van der Waals surface area contributed by atoms with Crippen LogP contribution in [0.25, 0.3) is 0 Å². The fourth-order valence-electron chi connectivity index (χ4n) is 4.91. The average molecular weight is 788 g/mol. The number of carbonyl (C=O) groups is 2. The third kappa shape index (κ3) is 40.4. The molecule has 0 fully saturated rings. The van der Waals surface area contributed by atoms with Crippen molar-refractivity contribution in [3.05, 3.63) is 97.2 Å². The summed E-state index contributed by atoms with van der Waals surface area (Å²) in [6, 6.07) is 0. The molecule has 0 aliphatic carbocycles. The number of unbranched alkanes of at least 4 members (excludes halogenated alkanes) is 8. The van der Waals surface area contributed by atoms with E-state index in [4.69, 9.17) is 24.3 Å². The number of allylic oxidation sites excluding steroid dienone is 16. The highest BCUT2D eigenvalue weighted by molar-refractivity contribution is 7.47. The topological polar surface area (TPSA) is 134 Å². The first-order valence-corrected chi connectivity index (χ1v) is 22.2. The van der Waals surface area contributed by atoms with Gasteiger partial charge >= 0.3 is 19.8 Å². The molecular weight excluding hydrogens is 713 g/mol. The molecule has 0 rings (SSSR count). The van der Waals surface area contributed by atoms with Gasteiger partial charge in [-0.15, -0.1) is 0 Å². The lowest BCUT2D eigenvalue weighted by atomic mass is 10.1. The van der Waals surface area contributed by atoms with Gasteiger partial charge in [0, 0.05) is 19.4 Å². The lowest BCUT2D eigenvalue weighted by Crippen LogP contribution is -2.29. The largest absolute Gasteiger partial charge is 0.472 e. The fourth-order valence-corrected chi connectivity index (χ4v) is 5.67. The Balaban J connectivity index is 4.35. The van der Waals surface area contributed by atoms with Crippen molar-refractivity contribution in [2.75, 3.05) is 26.4 Å². The van der Waals surface area contributed by atoms with Crippen molar-refractivity contribution in [3.8, 4) is 0 Å². The van der Waals surface area contributed by atoms with E-state index >= 15 is 0 Å². The van der Waals surface area contributed by atoms with Gasteiger partial charge in [-0.1, -0.05) is 137 Å². The van der Waals surface area contributed by atoms with E-state index in [1.54, 1.807) is 0 Å². The number of ether oxygens (including phenoxy) is 2. The lowest BCUT2D eigenvalue weighted by molar-refractivity contribution is -0.161. The second-order valence-corrected chi connectivity index (χ2v) is 14.6. The number of nitrogens with two attached hydrogens (primary N) is 1. The van der Waals surface area contributed by atoms with E-state index in [-0.39, 0.29) is 32.6 Å². The third-order valence-corrected chi connectivity index (χ3v) is 8.94. The molecule has 9 nitrogen and oxygen atoms in total. The van der Waals surface area contributed by atoms with E-state index in [1.807, 2.05) is 6.08 Å². The van der Waals surface area contributed by atoms with Crippen LogP contribution in [0.5, 0.6) is 0 Å². The van der Waals surface area contributed by atoms with E-state index in [0.29, 0.717) is 19.3 Å². The summed E-state index contributed by atoms with van der Waals surface area (Å²) in [6.45, 7) is 3.46. The predicted molar refractivity (Wildman–Crippen MR) is 228 cm³/mol. The molecule has 1 unspecified atom stereocenters. The van der Waals surface area contributed by atoms with Crippen molar-refractivity contribution in [2.45, 2.75) is 148 Å². The Kier molecular flexibility index (Phi) is 38.3. The van der Waals surface area contributed by atoms with Crippen LogP contribution in [0, 0.1) is 0 Å². The van der Waals surface area contributed by atoms with Crippen molar-refractivity contribution in [2.24, 2.45) is 5.73 Å². The zero-order chi connectivity index (χ0) is 40.3. The van der Waals surface area contributed by atoms with Gasteiger partial charge in [0.25, 0.3) is 0 Å². The molecule has 0 aromatic carbocycles. The Morgan fingerprint density at radius 1 is 0.564 bits per heavy atom. The average Bonchev–Trinajstić information content (AvgIpc) is 3.17. The molecule has 55 heavy (non-hydrogen) atoms. The monoisotopic (exact) mass is 788 g/mol. The summed E-state index contributed by atoms with van der Waals surface area (Å²) in [4.78, 5) is 34.8. The van der Waals surface area contributed by atoms with Gasteiger partial charge in [-0.25, -0.2) is 4.57 Å². The molecule has 0 spiro atoms. The highest BCUT2D eigenvalue weighted by Crippen LogP contribution is 2.43. The van der Waals surface area contributed by atoms with E-state index < -0.39 is 32.5 Å². The number of hydrogen-bond donors (Lipinski definition) is 2. The van der Waals surface area contributed by atoms with Gasteiger partial charge in [-0.3, -0.25) is 18.6 Å². The molecular formula is C45H74NO8P. The van der Waals surface area contributed by atoms with Crippen LogP contribution in [0.3, 0.4) is 0 Å². The Morgan fingerprint density at radius 3 is 1.53 bits per heavy atom. The normalized spacial score (nSPS) is 14.3. The highest BCUT2D eigenvalue weighted by atomic mass is 31.2. The molecule has 0 aromatic rings. The smallest absolute Gasteiger partial charge is 0.462 e. The third-order valence-electron chi connectivity index (χ3n) is 7.95. The van der Waals surface area contributed by atoms with E-state index in [1.165, 1.54) is 25.7 Å². The molecule has 312 valence electrons. The van der Waals surface area contributed by atoms with Gasteiger partial charge in [-0.2, -0.15) is 0 Å². The van der Waals surface area contributed by atoms with Gasteiger partial charge in [-0.05, 0) is 89.9 Å². The maximum atomic E-state index is 12.5. The minimum absolute atomic E-state index is 0.0354. The molecule has 3 N–H and O–H groups in total. The predicted octanol–water partition coefficient (Wildman–Crippen LogP) is 11.8. The maximum Gasteiger partial charge on any atom is 0.472 e. The number of esters is 2. The Morgan fingerprint density at radius 2 is 1.02 bits per heavy atom. The number of carbonyl (C=O) groups excluding carboxylic acids is 2. The molecule has 2 atom stereocenters. The van der Waals surface area contributed by atoms with Gasteiger partial charge in [0.1, 0.15) is 6.61 Å². The van der Waals surface area contributed by atoms with Crippen LogP contribution in [0.4, 0.5) is 0 Å². The van der Waals surface area contributed by atoms with Crippen molar-refractivity contribution in [3.63, 3.8) is 0 Å². The Labute approximate surface area is 334 Å². The summed E-state index contributed by atoms with van der Waals surface area (Å²) in [5.41, 5.74) is 5.34. The van der Waals surface area contributed by atoms with Gasteiger partial charge in [0.2, 0.25) is 0 Å². The van der Waals surface area contributed by atoms with Crippen LogP contribution in [0.15, 0.2) is 97.2 Å². The van der Waals surface area contributed by atoms with Crippen LogP contribution in [-0.2, 0) is 32.7 Å². The summed E-state index contributed by atoms with van der Waals surface area (Å²) in [6.07, 6.45) is 51.6. The summed E-state index contributed by atoms with van der Waals surface area (Å²) in [5.74, 6) is -0.934. The molecule has 0 heterocycles. The van der Waals surface area contributed by atoms with Gasteiger partial charge in [0.15, 0.2) is 6.10 Å². The number of phosphoric acid groups is 1. The first-order chi connectivity index (χ1) is 26.8. The van der Waals surface area contributed by atoms with Gasteiger partial charge < -0.3 is 20.1 Å². The van der Waals surface area contributed by atoms with E-state index in [2.05, 4.69) is 105 Å². The van der Waals surface area contributed by atoms with E-state index in [0.717, 1.165) is 70.6 Å². The second-order valence-electron chi connectivity index (χ2n) is 13.1. The van der Waals surface area contributed by atoms with Crippen molar-refractivity contribution in [1.82, 2.24) is 0 Å². The van der Waals surface area contributed by atoms with Crippen LogP contribution in [0.2, 0.25) is 0 Å². The van der Waals surface area contributed by atoms with Crippen molar-refractivity contribution in [1.29, 1.82) is 0 Å². The molecule has 0 bridgehead atoms. The first kappa shape index (κ1) is 51.9. The summed E-state index contributed by atoms with van der Waals surface area (Å²) >= 11 is 0. The quantitative estimate of drug-likeness (QED) is 0.0273. The first-order valence-electron chi connectivity index (χ1n) is 20.7. The SMILES string of the molecule is CCC=CCC=CCC=CCC=CCC=CCCCC(=O)O[C@H](COC(=O)CCCCCCC=CCC=CCC=CCCCCC)COP(=O)(O)OCCN. The number of hydrogen-bond acceptors (Lipinski definition) is 8. The maximum absolute atomic E-state index is 12.5. The minimum atomic E-state index is -4.40. The van der Waals surface area contributed by atoms with E-state index in [9.17, 15) is 19.0 Å². The molecule has 0 aliphatic heterocycles. The standard InChI is InChI=1S/C45H74NO8P/c1-3-5-7-9-11-13-15-17-19-21-23-25-27-29-31-33-35-37-44(47)51-41-43(42-53-55(49,50)52-40-39-46)54-45(48)38-36-34-32-30-28-26-24-22-20-18-16-14-12-10-8-6-4-2/h6,8,11-14,17-20,23-26,30,32,43H,3-5,7,9-10,15-16,21-22,27-29,31,33-42,46H2,1-2H3,(H,49,50)/t43-/m1/s1. The minimum Gasteiger partial charge on any atom is -0.462 e.